The van der Waals surface area contributed by atoms with Gasteiger partial charge in [-0.05, 0) is 30.7 Å². The minimum Gasteiger partial charge on any atom is -0.322 e. The summed E-state index contributed by atoms with van der Waals surface area (Å²) in [7, 11) is 0. The largest absolute Gasteiger partial charge is 0.322 e. The zero-order valence-electron chi connectivity index (χ0n) is 14.1. The molecule has 2 amide bonds. The molecule has 1 aliphatic heterocycles. The van der Waals surface area contributed by atoms with E-state index in [-0.39, 0.29) is 11.8 Å². The van der Waals surface area contributed by atoms with Crippen molar-refractivity contribution in [3.05, 3.63) is 64.4 Å². The Hall–Kier alpha value is -2.11. The van der Waals surface area contributed by atoms with Crippen LogP contribution in [0.4, 0.5) is 14.9 Å². The lowest BCUT2D eigenvalue weighted by Gasteiger charge is -2.34. The monoisotopic (exact) mass is 361 g/mol. The average molecular weight is 362 g/mol. The lowest BCUT2D eigenvalue weighted by atomic mass is 10.2. The van der Waals surface area contributed by atoms with Crippen molar-refractivity contribution >= 4 is 23.3 Å². The third-order valence-electron chi connectivity index (χ3n) is 4.43. The first-order valence-electron chi connectivity index (χ1n) is 8.31. The molecule has 0 unspecified atom stereocenters. The van der Waals surface area contributed by atoms with E-state index in [2.05, 4.69) is 10.2 Å². The molecular formula is C19H21ClFN3O. The number of urea groups is 1. The highest BCUT2D eigenvalue weighted by atomic mass is 35.5. The number of nitrogens with zero attached hydrogens (tertiary/aromatic N) is 2. The molecule has 0 aliphatic carbocycles. The standard InChI is InChI=1S/C19H21ClFN3O/c1-14-6-7-16(12-17(14)20)22-19(25)24-10-8-23(9-11-24)13-15-4-2-3-5-18(15)21/h2-7,12H,8-11,13H2,1H3,(H,22,25). The summed E-state index contributed by atoms with van der Waals surface area (Å²) in [6.07, 6.45) is 0. The molecule has 0 atom stereocenters. The quantitative estimate of drug-likeness (QED) is 0.891. The second-order valence-corrected chi connectivity index (χ2v) is 6.66. The van der Waals surface area contributed by atoms with Crippen LogP contribution in [0, 0.1) is 12.7 Å². The van der Waals surface area contributed by atoms with Crippen LogP contribution in [-0.2, 0) is 6.54 Å². The van der Waals surface area contributed by atoms with Crippen LogP contribution >= 0.6 is 11.6 Å². The highest BCUT2D eigenvalue weighted by Gasteiger charge is 2.21. The Kier molecular flexibility index (Phi) is 5.56. The zero-order valence-corrected chi connectivity index (χ0v) is 14.9. The van der Waals surface area contributed by atoms with Crippen LogP contribution in [0.1, 0.15) is 11.1 Å². The second kappa shape index (κ2) is 7.85. The fourth-order valence-electron chi connectivity index (χ4n) is 2.85. The van der Waals surface area contributed by atoms with Crippen molar-refractivity contribution in [3.63, 3.8) is 0 Å². The molecule has 3 rings (SSSR count). The summed E-state index contributed by atoms with van der Waals surface area (Å²) < 4.78 is 13.7. The van der Waals surface area contributed by atoms with Crippen LogP contribution in [0.5, 0.6) is 0 Å². The molecule has 2 aromatic carbocycles. The summed E-state index contributed by atoms with van der Waals surface area (Å²) in [5, 5.41) is 3.51. The number of hydrogen-bond acceptors (Lipinski definition) is 2. The molecular weight excluding hydrogens is 341 g/mol. The number of benzene rings is 2. The number of amides is 2. The van der Waals surface area contributed by atoms with Crippen LogP contribution in [0.25, 0.3) is 0 Å². The molecule has 1 fully saturated rings. The number of anilines is 1. The smallest absolute Gasteiger partial charge is 0.321 e. The minimum absolute atomic E-state index is 0.134. The van der Waals surface area contributed by atoms with Gasteiger partial charge in [0.05, 0.1) is 0 Å². The van der Waals surface area contributed by atoms with E-state index in [4.69, 9.17) is 11.6 Å². The normalized spacial score (nSPS) is 15.2. The van der Waals surface area contributed by atoms with E-state index in [1.807, 2.05) is 25.1 Å². The Bertz CT molecular complexity index is 760. The number of rotatable bonds is 3. The van der Waals surface area contributed by atoms with Gasteiger partial charge in [0.25, 0.3) is 0 Å². The predicted octanol–water partition coefficient (Wildman–Crippen LogP) is 4.14. The Morgan fingerprint density at radius 2 is 1.88 bits per heavy atom. The van der Waals surface area contributed by atoms with Crippen LogP contribution in [0.3, 0.4) is 0 Å². The Morgan fingerprint density at radius 1 is 1.16 bits per heavy atom. The zero-order chi connectivity index (χ0) is 17.8. The maximum absolute atomic E-state index is 13.7. The Morgan fingerprint density at radius 3 is 2.56 bits per heavy atom. The van der Waals surface area contributed by atoms with E-state index in [9.17, 15) is 9.18 Å². The van der Waals surface area contributed by atoms with Crippen molar-refractivity contribution in [1.29, 1.82) is 0 Å². The van der Waals surface area contributed by atoms with Gasteiger partial charge in [0.2, 0.25) is 0 Å². The average Bonchev–Trinajstić information content (AvgIpc) is 2.61. The summed E-state index contributed by atoms with van der Waals surface area (Å²) in [5.74, 6) is -0.182. The van der Waals surface area contributed by atoms with Crippen molar-refractivity contribution in [2.24, 2.45) is 0 Å². The molecule has 6 heteroatoms. The molecule has 0 saturated carbocycles. The summed E-state index contributed by atoms with van der Waals surface area (Å²) >= 11 is 6.09. The van der Waals surface area contributed by atoms with Gasteiger partial charge in [-0.1, -0.05) is 35.9 Å². The lowest BCUT2D eigenvalue weighted by molar-refractivity contribution is 0.142. The van der Waals surface area contributed by atoms with Gasteiger partial charge in [-0.15, -0.1) is 0 Å². The molecule has 0 radical (unpaired) electrons. The number of halogens is 2. The number of carbonyl (C=O) groups excluding carboxylic acids is 1. The SMILES string of the molecule is Cc1ccc(NC(=O)N2CCN(Cc3ccccc3F)CC2)cc1Cl. The van der Waals surface area contributed by atoms with Crippen molar-refractivity contribution in [2.45, 2.75) is 13.5 Å². The van der Waals surface area contributed by atoms with E-state index in [0.29, 0.717) is 35.9 Å². The Labute approximate surface area is 152 Å². The van der Waals surface area contributed by atoms with Crippen LogP contribution < -0.4 is 5.32 Å². The van der Waals surface area contributed by atoms with Gasteiger partial charge in [-0.3, -0.25) is 4.90 Å². The first-order valence-corrected chi connectivity index (χ1v) is 8.68. The summed E-state index contributed by atoms with van der Waals surface area (Å²) in [6.45, 7) is 5.14. The van der Waals surface area contributed by atoms with Crippen LogP contribution in [0.15, 0.2) is 42.5 Å². The van der Waals surface area contributed by atoms with Gasteiger partial charge in [0.15, 0.2) is 0 Å². The van der Waals surface area contributed by atoms with Crippen molar-refractivity contribution in [2.75, 3.05) is 31.5 Å². The molecule has 0 bridgehead atoms. The van der Waals surface area contributed by atoms with E-state index < -0.39 is 0 Å². The summed E-state index contributed by atoms with van der Waals surface area (Å²) in [4.78, 5) is 16.3. The molecule has 0 spiro atoms. The van der Waals surface area contributed by atoms with E-state index in [1.165, 1.54) is 6.07 Å². The lowest BCUT2D eigenvalue weighted by Crippen LogP contribution is -2.49. The number of nitrogens with one attached hydrogen (secondary N) is 1. The molecule has 1 heterocycles. The fraction of sp³-hybridized carbons (Fsp3) is 0.316. The maximum Gasteiger partial charge on any atom is 0.321 e. The molecule has 1 N–H and O–H groups in total. The molecule has 4 nitrogen and oxygen atoms in total. The second-order valence-electron chi connectivity index (χ2n) is 6.25. The first kappa shape index (κ1) is 17.7. The number of hydrogen-bond donors (Lipinski definition) is 1. The van der Waals surface area contributed by atoms with E-state index in [0.717, 1.165) is 18.7 Å². The van der Waals surface area contributed by atoms with Gasteiger partial charge < -0.3 is 10.2 Å². The third kappa shape index (κ3) is 4.50. The summed E-state index contributed by atoms with van der Waals surface area (Å²) in [5.41, 5.74) is 2.35. The van der Waals surface area contributed by atoms with Crippen molar-refractivity contribution in [3.8, 4) is 0 Å². The fourth-order valence-corrected chi connectivity index (χ4v) is 3.03. The van der Waals surface area contributed by atoms with Gasteiger partial charge in [-0.25, -0.2) is 9.18 Å². The maximum atomic E-state index is 13.7. The molecule has 1 saturated heterocycles. The van der Waals surface area contributed by atoms with Gasteiger partial charge >= 0.3 is 6.03 Å². The van der Waals surface area contributed by atoms with E-state index in [1.54, 1.807) is 23.1 Å². The van der Waals surface area contributed by atoms with Crippen LogP contribution in [-0.4, -0.2) is 42.0 Å². The highest BCUT2D eigenvalue weighted by Crippen LogP contribution is 2.20. The molecule has 1 aliphatic rings. The summed E-state index contributed by atoms with van der Waals surface area (Å²) in [6, 6.07) is 12.2. The minimum atomic E-state index is -0.182. The predicted molar refractivity (Wildman–Crippen MR) is 98.5 cm³/mol. The number of aryl methyl sites for hydroxylation is 1. The number of carbonyl (C=O) groups is 1. The van der Waals surface area contributed by atoms with Crippen LogP contribution in [0.2, 0.25) is 5.02 Å². The highest BCUT2D eigenvalue weighted by molar-refractivity contribution is 6.31. The third-order valence-corrected chi connectivity index (χ3v) is 4.84. The number of piperazine rings is 1. The van der Waals surface area contributed by atoms with E-state index >= 15 is 0 Å². The molecule has 0 aromatic heterocycles. The van der Waals surface area contributed by atoms with Gasteiger partial charge in [0, 0.05) is 49.0 Å². The van der Waals surface area contributed by atoms with Gasteiger partial charge in [0.1, 0.15) is 5.82 Å². The first-order chi connectivity index (χ1) is 12.0. The van der Waals surface area contributed by atoms with Crippen molar-refractivity contribution < 1.29 is 9.18 Å². The van der Waals surface area contributed by atoms with Crippen molar-refractivity contribution in [1.82, 2.24) is 9.80 Å². The molecule has 25 heavy (non-hydrogen) atoms. The molecule has 2 aromatic rings. The Balaban J connectivity index is 1.52. The molecule has 132 valence electrons. The van der Waals surface area contributed by atoms with Gasteiger partial charge in [-0.2, -0.15) is 0 Å². The topological polar surface area (TPSA) is 35.6 Å².